The third kappa shape index (κ3) is 3.75. The molecular formula is C19H18N6OS. The number of hydrogen-bond acceptors (Lipinski definition) is 7. The van der Waals surface area contributed by atoms with Crippen LogP contribution >= 0.6 is 11.8 Å². The predicted molar refractivity (Wildman–Crippen MR) is 103 cm³/mol. The minimum Gasteiger partial charge on any atom is -0.419 e. The van der Waals surface area contributed by atoms with Crippen LogP contribution in [0.2, 0.25) is 0 Å². The second-order valence-electron chi connectivity index (χ2n) is 6.28. The zero-order valence-corrected chi connectivity index (χ0v) is 16.0. The lowest BCUT2D eigenvalue weighted by Crippen LogP contribution is -2.00. The fourth-order valence-corrected chi connectivity index (χ4v) is 3.36. The highest BCUT2D eigenvalue weighted by atomic mass is 32.2. The molecule has 136 valence electrons. The van der Waals surface area contributed by atoms with Crippen LogP contribution in [0.3, 0.4) is 0 Å². The third-order valence-corrected chi connectivity index (χ3v) is 5.11. The van der Waals surface area contributed by atoms with Crippen molar-refractivity contribution in [1.82, 2.24) is 30.4 Å². The van der Waals surface area contributed by atoms with Crippen molar-refractivity contribution < 1.29 is 4.42 Å². The molecule has 0 spiro atoms. The van der Waals surface area contributed by atoms with Crippen molar-refractivity contribution in [2.45, 2.75) is 31.2 Å². The first-order chi connectivity index (χ1) is 13.1. The number of aryl methyl sites for hydroxylation is 2. The number of benzene rings is 2. The molecular weight excluding hydrogens is 360 g/mol. The van der Waals surface area contributed by atoms with Crippen LogP contribution in [0, 0.1) is 13.8 Å². The molecule has 0 bridgehead atoms. The Kier molecular flexibility index (Phi) is 4.72. The number of aromatic nitrogens is 6. The fraction of sp³-hybridized carbons (Fsp3) is 0.211. The van der Waals surface area contributed by atoms with Gasteiger partial charge in [0, 0.05) is 5.56 Å². The molecule has 1 unspecified atom stereocenters. The van der Waals surface area contributed by atoms with Gasteiger partial charge in [-0.15, -0.1) is 15.3 Å². The maximum Gasteiger partial charge on any atom is 0.247 e. The van der Waals surface area contributed by atoms with Crippen molar-refractivity contribution >= 4 is 11.8 Å². The molecule has 0 radical (unpaired) electrons. The Hall–Kier alpha value is -3.00. The minimum atomic E-state index is -0.0908. The van der Waals surface area contributed by atoms with Gasteiger partial charge in [-0.05, 0) is 55.5 Å². The maximum absolute atomic E-state index is 5.86. The number of tetrazole rings is 1. The topological polar surface area (TPSA) is 82.5 Å². The van der Waals surface area contributed by atoms with Crippen molar-refractivity contribution in [3.8, 4) is 17.1 Å². The van der Waals surface area contributed by atoms with Crippen molar-refractivity contribution in [2.75, 3.05) is 0 Å². The van der Waals surface area contributed by atoms with E-state index in [0.717, 1.165) is 11.3 Å². The van der Waals surface area contributed by atoms with Gasteiger partial charge in [0.25, 0.3) is 0 Å². The van der Waals surface area contributed by atoms with Crippen molar-refractivity contribution in [1.29, 1.82) is 0 Å². The summed E-state index contributed by atoms with van der Waals surface area (Å²) in [4.78, 5) is 0. The Morgan fingerprint density at radius 1 is 0.889 bits per heavy atom. The van der Waals surface area contributed by atoms with E-state index in [0.29, 0.717) is 16.9 Å². The molecule has 8 heteroatoms. The van der Waals surface area contributed by atoms with E-state index in [9.17, 15) is 0 Å². The number of thioether (sulfide) groups is 1. The van der Waals surface area contributed by atoms with Crippen LogP contribution in [0.5, 0.6) is 0 Å². The van der Waals surface area contributed by atoms with E-state index in [1.807, 2.05) is 69.3 Å². The van der Waals surface area contributed by atoms with Gasteiger partial charge in [0.1, 0.15) is 0 Å². The first kappa shape index (κ1) is 17.4. The van der Waals surface area contributed by atoms with E-state index in [-0.39, 0.29) is 5.25 Å². The van der Waals surface area contributed by atoms with E-state index in [2.05, 4.69) is 25.7 Å². The largest absolute Gasteiger partial charge is 0.419 e. The van der Waals surface area contributed by atoms with Gasteiger partial charge in [-0.2, -0.15) is 4.68 Å². The lowest BCUT2D eigenvalue weighted by atomic mass is 10.1. The Balaban J connectivity index is 1.54. The summed E-state index contributed by atoms with van der Waals surface area (Å²) in [5.74, 6) is 1.05. The van der Waals surface area contributed by atoms with E-state index >= 15 is 0 Å². The molecule has 1 atom stereocenters. The molecule has 27 heavy (non-hydrogen) atoms. The second-order valence-corrected chi connectivity index (χ2v) is 7.59. The molecule has 4 aromatic rings. The fourth-order valence-electron chi connectivity index (χ4n) is 2.52. The molecule has 7 nitrogen and oxygen atoms in total. The van der Waals surface area contributed by atoms with Crippen LogP contribution in [-0.2, 0) is 0 Å². The van der Waals surface area contributed by atoms with Gasteiger partial charge in [-0.25, -0.2) is 0 Å². The number of hydrogen-bond donors (Lipinski definition) is 0. The zero-order chi connectivity index (χ0) is 18.8. The summed E-state index contributed by atoms with van der Waals surface area (Å²) in [7, 11) is 0. The quantitative estimate of drug-likeness (QED) is 0.482. The van der Waals surface area contributed by atoms with E-state index in [1.54, 1.807) is 4.68 Å². The van der Waals surface area contributed by atoms with Crippen LogP contribution in [-0.4, -0.2) is 30.4 Å². The van der Waals surface area contributed by atoms with Gasteiger partial charge < -0.3 is 4.42 Å². The molecule has 2 heterocycles. The highest BCUT2D eigenvalue weighted by molar-refractivity contribution is 7.99. The maximum atomic E-state index is 5.86. The lowest BCUT2D eigenvalue weighted by Gasteiger charge is -2.07. The van der Waals surface area contributed by atoms with Crippen molar-refractivity contribution in [3.05, 3.63) is 65.5 Å². The van der Waals surface area contributed by atoms with Crippen molar-refractivity contribution in [2.24, 2.45) is 0 Å². The number of nitrogens with zero attached hydrogens (tertiary/aromatic N) is 6. The monoisotopic (exact) mass is 378 g/mol. The summed E-state index contributed by atoms with van der Waals surface area (Å²) < 4.78 is 7.57. The van der Waals surface area contributed by atoms with Crippen LogP contribution in [0.1, 0.15) is 29.2 Å². The SMILES string of the molecule is Cc1ccc(-c2nnc(C(C)Sc3nnnn3-c3ccc(C)cc3)o2)cc1. The minimum absolute atomic E-state index is 0.0908. The van der Waals surface area contributed by atoms with Crippen LogP contribution in [0.15, 0.2) is 58.1 Å². The number of rotatable bonds is 5. The van der Waals surface area contributed by atoms with Gasteiger partial charge in [0.15, 0.2) is 0 Å². The van der Waals surface area contributed by atoms with Crippen molar-refractivity contribution in [3.63, 3.8) is 0 Å². The summed E-state index contributed by atoms with van der Waals surface area (Å²) in [5.41, 5.74) is 4.18. The Bertz CT molecular complexity index is 1040. The average Bonchev–Trinajstić information content (AvgIpc) is 3.33. The highest BCUT2D eigenvalue weighted by Crippen LogP contribution is 2.34. The summed E-state index contributed by atoms with van der Waals surface area (Å²) >= 11 is 1.47. The normalized spacial score (nSPS) is 12.3. The van der Waals surface area contributed by atoms with Gasteiger partial charge in [0.2, 0.25) is 16.9 Å². The summed E-state index contributed by atoms with van der Waals surface area (Å²) in [6, 6.07) is 16.0. The smallest absolute Gasteiger partial charge is 0.247 e. The summed E-state index contributed by atoms with van der Waals surface area (Å²) in [6.07, 6.45) is 0. The second kappa shape index (κ2) is 7.32. The van der Waals surface area contributed by atoms with E-state index < -0.39 is 0 Å². The molecule has 0 aliphatic heterocycles. The average molecular weight is 378 g/mol. The molecule has 0 aliphatic rings. The Morgan fingerprint density at radius 3 is 2.26 bits per heavy atom. The standard InChI is InChI=1S/C19H18N6OS/c1-12-4-8-15(9-5-12)18-21-20-17(26-18)14(3)27-19-22-23-24-25(19)16-10-6-13(2)7-11-16/h4-11,14H,1-3H3. The molecule has 0 fully saturated rings. The first-order valence-electron chi connectivity index (χ1n) is 8.52. The molecule has 0 N–H and O–H groups in total. The van der Waals surface area contributed by atoms with E-state index in [4.69, 9.17) is 4.42 Å². The third-order valence-electron chi connectivity index (χ3n) is 4.09. The summed E-state index contributed by atoms with van der Waals surface area (Å²) in [6.45, 7) is 6.08. The Labute approximate surface area is 160 Å². The van der Waals surface area contributed by atoms with Crippen LogP contribution in [0.25, 0.3) is 17.1 Å². The molecule has 0 amide bonds. The van der Waals surface area contributed by atoms with Crippen LogP contribution in [0.4, 0.5) is 0 Å². The molecule has 2 aromatic carbocycles. The highest BCUT2D eigenvalue weighted by Gasteiger charge is 2.20. The lowest BCUT2D eigenvalue weighted by molar-refractivity contribution is 0.508. The molecule has 2 aromatic heterocycles. The first-order valence-corrected chi connectivity index (χ1v) is 9.40. The predicted octanol–water partition coefficient (Wildman–Crippen LogP) is 4.18. The summed E-state index contributed by atoms with van der Waals surface area (Å²) in [5, 5.41) is 21.0. The van der Waals surface area contributed by atoms with Gasteiger partial charge in [-0.3, -0.25) is 0 Å². The molecule has 0 saturated carbocycles. The molecule has 4 rings (SSSR count). The van der Waals surface area contributed by atoms with Gasteiger partial charge in [0.05, 0.1) is 10.9 Å². The zero-order valence-electron chi connectivity index (χ0n) is 15.2. The Morgan fingerprint density at radius 2 is 1.56 bits per heavy atom. The van der Waals surface area contributed by atoms with Crippen LogP contribution < -0.4 is 0 Å². The van der Waals surface area contributed by atoms with E-state index in [1.165, 1.54) is 22.9 Å². The van der Waals surface area contributed by atoms with Gasteiger partial charge >= 0.3 is 0 Å². The van der Waals surface area contributed by atoms with Gasteiger partial charge in [-0.1, -0.05) is 47.2 Å². The molecule has 0 aliphatic carbocycles. The molecule has 0 saturated heterocycles.